The number of pyridine rings is 1. The number of carbonyl (C=O) groups is 1. The van der Waals surface area contributed by atoms with Gasteiger partial charge in [0.15, 0.2) is 5.82 Å². The van der Waals surface area contributed by atoms with E-state index in [1.165, 1.54) is 0 Å². The lowest BCUT2D eigenvalue weighted by Gasteiger charge is -2.17. The molecule has 0 bridgehead atoms. The standard InChI is InChI=1S/C18H21N7O/c1-24-12-14(9-23-24)15-10-19-11-16(15)18(26)21-8-13-3-5-20-17(7-13)25-6-2-4-22-25/h2-7,9,12,15-16,19H,8,10-11H2,1H3,(H,21,26)/t15-,16+/m1/s1. The summed E-state index contributed by atoms with van der Waals surface area (Å²) in [6, 6.07) is 5.68. The highest BCUT2D eigenvalue weighted by atomic mass is 16.1. The Bertz CT molecular complexity index is 887. The Morgan fingerprint density at radius 2 is 2.27 bits per heavy atom. The van der Waals surface area contributed by atoms with Crippen molar-refractivity contribution in [2.75, 3.05) is 13.1 Å². The van der Waals surface area contributed by atoms with Crippen molar-refractivity contribution in [1.82, 2.24) is 35.2 Å². The lowest BCUT2D eigenvalue weighted by atomic mass is 9.90. The summed E-state index contributed by atoms with van der Waals surface area (Å²) in [4.78, 5) is 17.0. The Morgan fingerprint density at radius 1 is 1.35 bits per heavy atom. The quantitative estimate of drug-likeness (QED) is 0.703. The molecule has 0 radical (unpaired) electrons. The summed E-state index contributed by atoms with van der Waals surface area (Å²) in [7, 11) is 1.89. The molecule has 0 saturated carbocycles. The zero-order valence-corrected chi connectivity index (χ0v) is 14.5. The fraction of sp³-hybridized carbons (Fsp3) is 0.333. The zero-order chi connectivity index (χ0) is 17.9. The molecular weight excluding hydrogens is 330 g/mol. The highest BCUT2D eigenvalue weighted by Crippen LogP contribution is 2.27. The average molecular weight is 351 g/mol. The van der Waals surface area contributed by atoms with E-state index in [0.717, 1.165) is 23.5 Å². The molecule has 0 unspecified atom stereocenters. The van der Waals surface area contributed by atoms with Gasteiger partial charge in [0.05, 0.1) is 12.1 Å². The van der Waals surface area contributed by atoms with Gasteiger partial charge in [-0.05, 0) is 29.3 Å². The summed E-state index contributed by atoms with van der Waals surface area (Å²) >= 11 is 0. The van der Waals surface area contributed by atoms with Crippen molar-refractivity contribution in [3.63, 3.8) is 0 Å². The number of carbonyl (C=O) groups excluding carboxylic acids is 1. The van der Waals surface area contributed by atoms with Gasteiger partial charge in [0.2, 0.25) is 5.91 Å². The van der Waals surface area contributed by atoms with Gasteiger partial charge in [-0.25, -0.2) is 9.67 Å². The Kier molecular flexibility index (Phi) is 4.49. The molecule has 3 aromatic rings. The van der Waals surface area contributed by atoms with Gasteiger partial charge < -0.3 is 10.6 Å². The first-order valence-electron chi connectivity index (χ1n) is 8.62. The summed E-state index contributed by atoms with van der Waals surface area (Å²) in [5.41, 5.74) is 2.09. The summed E-state index contributed by atoms with van der Waals surface area (Å²) in [5, 5.41) is 14.8. The second-order valence-electron chi connectivity index (χ2n) is 6.51. The van der Waals surface area contributed by atoms with Crippen molar-refractivity contribution in [2.24, 2.45) is 13.0 Å². The van der Waals surface area contributed by atoms with E-state index >= 15 is 0 Å². The molecule has 0 aliphatic carbocycles. The predicted molar refractivity (Wildman–Crippen MR) is 95.5 cm³/mol. The fourth-order valence-electron chi connectivity index (χ4n) is 3.36. The topological polar surface area (TPSA) is 89.7 Å². The van der Waals surface area contributed by atoms with Gasteiger partial charge in [0.25, 0.3) is 0 Å². The Morgan fingerprint density at radius 3 is 3.04 bits per heavy atom. The van der Waals surface area contributed by atoms with E-state index in [2.05, 4.69) is 25.8 Å². The molecule has 134 valence electrons. The number of nitrogens with zero attached hydrogens (tertiary/aromatic N) is 5. The van der Waals surface area contributed by atoms with Crippen molar-refractivity contribution >= 4 is 5.91 Å². The maximum absolute atomic E-state index is 12.7. The zero-order valence-electron chi connectivity index (χ0n) is 14.5. The monoisotopic (exact) mass is 351 g/mol. The number of hydrogen-bond donors (Lipinski definition) is 2. The van der Waals surface area contributed by atoms with Gasteiger partial charge in [-0.15, -0.1) is 0 Å². The minimum absolute atomic E-state index is 0.0568. The lowest BCUT2D eigenvalue weighted by molar-refractivity contribution is -0.125. The largest absolute Gasteiger partial charge is 0.352 e. The Labute approximate surface area is 151 Å². The molecule has 0 aromatic carbocycles. The van der Waals surface area contributed by atoms with Gasteiger partial charge in [0, 0.05) is 57.4 Å². The summed E-state index contributed by atoms with van der Waals surface area (Å²) < 4.78 is 3.47. The normalized spacial score (nSPS) is 19.6. The van der Waals surface area contributed by atoms with Crippen LogP contribution < -0.4 is 10.6 Å². The third-order valence-electron chi connectivity index (χ3n) is 4.72. The van der Waals surface area contributed by atoms with Gasteiger partial charge in [0.1, 0.15) is 0 Å². The molecule has 3 aromatic heterocycles. The van der Waals surface area contributed by atoms with Crippen molar-refractivity contribution < 1.29 is 4.79 Å². The maximum Gasteiger partial charge on any atom is 0.225 e. The van der Waals surface area contributed by atoms with Gasteiger partial charge >= 0.3 is 0 Å². The van der Waals surface area contributed by atoms with Crippen LogP contribution in [0, 0.1) is 5.92 Å². The van der Waals surface area contributed by atoms with Crippen LogP contribution in [0.2, 0.25) is 0 Å². The molecule has 4 heterocycles. The van der Waals surface area contributed by atoms with Crippen molar-refractivity contribution in [3.05, 3.63) is 60.3 Å². The molecule has 2 N–H and O–H groups in total. The molecule has 1 fully saturated rings. The van der Waals surface area contributed by atoms with Crippen LogP contribution in [0.1, 0.15) is 17.0 Å². The number of hydrogen-bond acceptors (Lipinski definition) is 5. The Hall–Kier alpha value is -3.00. The fourth-order valence-corrected chi connectivity index (χ4v) is 3.36. The molecule has 4 rings (SSSR count). The molecule has 26 heavy (non-hydrogen) atoms. The summed E-state index contributed by atoms with van der Waals surface area (Å²) in [5.74, 6) is 0.853. The minimum atomic E-state index is -0.0911. The summed E-state index contributed by atoms with van der Waals surface area (Å²) in [6.45, 7) is 1.94. The van der Waals surface area contributed by atoms with E-state index in [1.54, 1.807) is 21.8 Å². The van der Waals surface area contributed by atoms with Crippen LogP contribution in [0.5, 0.6) is 0 Å². The molecule has 8 nitrogen and oxygen atoms in total. The first-order chi connectivity index (χ1) is 12.7. The number of amides is 1. The molecule has 2 atom stereocenters. The second kappa shape index (κ2) is 7.09. The molecule has 1 aliphatic heterocycles. The van der Waals surface area contributed by atoms with E-state index in [9.17, 15) is 4.79 Å². The Balaban J connectivity index is 1.41. The molecule has 1 amide bonds. The first-order valence-corrected chi connectivity index (χ1v) is 8.62. The van der Waals surface area contributed by atoms with E-state index in [1.807, 2.05) is 43.8 Å². The van der Waals surface area contributed by atoms with Crippen molar-refractivity contribution in [3.8, 4) is 5.82 Å². The average Bonchev–Trinajstić information content (AvgIpc) is 3.40. The van der Waals surface area contributed by atoms with Crippen LogP contribution >= 0.6 is 0 Å². The minimum Gasteiger partial charge on any atom is -0.352 e. The maximum atomic E-state index is 12.7. The molecule has 1 aliphatic rings. The SMILES string of the molecule is Cn1cc([C@H]2CNC[C@@H]2C(=O)NCc2ccnc(-n3cccn3)c2)cn1. The van der Waals surface area contributed by atoms with Crippen molar-refractivity contribution in [1.29, 1.82) is 0 Å². The number of aromatic nitrogens is 5. The third-order valence-corrected chi connectivity index (χ3v) is 4.72. The van der Waals surface area contributed by atoms with Crippen LogP contribution in [-0.2, 0) is 18.4 Å². The van der Waals surface area contributed by atoms with Crippen LogP contribution in [0.3, 0.4) is 0 Å². The van der Waals surface area contributed by atoms with E-state index in [4.69, 9.17) is 0 Å². The van der Waals surface area contributed by atoms with Crippen LogP contribution in [0.4, 0.5) is 0 Å². The highest BCUT2D eigenvalue weighted by Gasteiger charge is 2.34. The van der Waals surface area contributed by atoms with E-state index < -0.39 is 0 Å². The lowest BCUT2D eigenvalue weighted by Crippen LogP contribution is -2.34. The van der Waals surface area contributed by atoms with Gasteiger partial charge in [-0.1, -0.05) is 0 Å². The molecule has 0 spiro atoms. The second-order valence-corrected chi connectivity index (χ2v) is 6.51. The van der Waals surface area contributed by atoms with Crippen molar-refractivity contribution in [2.45, 2.75) is 12.5 Å². The van der Waals surface area contributed by atoms with E-state index in [-0.39, 0.29) is 17.7 Å². The molecular formula is C18H21N7O. The van der Waals surface area contributed by atoms with Crippen LogP contribution in [-0.4, -0.2) is 43.5 Å². The molecule has 8 heteroatoms. The first kappa shape index (κ1) is 16.5. The highest BCUT2D eigenvalue weighted by molar-refractivity contribution is 5.80. The van der Waals surface area contributed by atoms with E-state index in [0.29, 0.717) is 13.1 Å². The van der Waals surface area contributed by atoms with Crippen LogP contribution in [0.15, 0.2) is 49.2 Å². The smallest absolute Gasteiger partial charge is 0.225 e. The number of nitrogens with one attached hydrogen (secondary N) is 2. The van der Waals surface area contributed by atoms with Crippen LogP contribution in [0.25, 0.3) is 5.82 Å². The predicted octanol–water partition coefficient (Wildman–Crippen LogP) is 0.620. The summed E-state index contributed by atoms with van der Waals surface area (Å²) in [6.07, 6.45) is 9.11. The molecule has 1 saturated heterocycles. The number of aryl methyl sites for hydroxylation is 1. The van der Waals surface area contributed by atoms with Gasteiger partial charge in [-0.2, -0.15) is 10.2 Å². The number of rotatable bonds is 5. The van der Waals surface area contributed by atoms with Gasteiger partial charge in [-0.3, -0.25) is 9.48 Å². The third kappa shape index (κ3) is 3.36.